The molecule has 6 atom stereocenters. The second-order valence-corrected chi connectivity index (χ2v) is 12.1. The van der Waals surface area contributed by atoms with Crippen molar-refractivity contribution in [2.24, 2.45) is 17.8 Å². The highest BCUT2D eigenvalue weighted by Crippen LogP contribution is 2.66. The Morgan fingerprint density at radius 3 is 2.30 bits per heavy atom. The molecule has 1 saturated carbocycles. The zero-order valence-corrected chi connectivity index (χ0v) is 23.6. The number of phenolic OH excluding ortho intramolecular Hbond substituents is 1. The van der Waals surface area contributed by atoms with E-state index in [4.69, 9.17) is 23.2 Å². The fraction of sp³-hybridized carbons (Fsp3) is 0.333. The summed E-state index contributed by atoms with van der Waals surface area (Å²) in [6, 6.07) is 11.4. The van der Waals surface area contributed by atoms with Crippen LogP contribution in [0, 0.1) is 27.9 Å². The molecule has 1 N–H and O–H groups in total. The molecule has 0 radical (unpaired) electrons. The predicted octanol–water partition coefficient (Wildman–Crippen LogP) is 4.22. The molecule has 0 spiro atoms. The van der Waals surface area contributed by atoms with Crippen molar-refractivity contribution in [1.82, 2.24) is 4.90 Å². The third-order valence-corrected chi connectivity index (χ3v) is 10.5. The van der Waals surface area contributed by atoms with Gasteiger partial charge in [-0.25, -0.2) is 0 Å². The van der Waals surface area contributed by atoms with Crippen LogP contribution in [0.15, 0.2) is 60.2 Å². The molecular weight excluding hydrogens is 629 g/mol. The van der Waals surface area contributed by atoms with Crippen molar-refractivity contribution in [3.8, 4) is 5.75 Å². The van der Waals surface area contributed by atoms with Crippen molar-refractivity contribution in [1.29, 1.82) is 0 Å². The Morgan fingerprint density at radius 1 is 1.00 bits per heavy atom. The Bertz CT molecular complexity index is 1550. The molecule has 4 amide bonds. The van der Waals surface area contributed by atoms with Gasteiger partial charge in [-0.1, -0.05) is 45.8 Å². The first kappa shape index (κ1) is 26.9. The number of anilines is 1. The minimum absolute atomic E-state index is 0.151. The first-order valence-electron chi connectivity index (χ1n) is 12.4. The zero-order valence-electron chi connectivity index (χ0n) is 20.5. The minimum atomic E-state index is -2.00. The van der Waals surface area contributed by atoms with E-state index in [1.165, 1.54) is 30.3 Å². The van der Waals surface area contributed by atoms with E-state index in [9.17, 15) is 34.4 Å². The van der Waals surface area contributed by atoms with Crippen molar-refractivity contribution >= 4 is 74.1 Å². The highest BCUT2D eigenvalue weighted by Gasteiger charge is 2.76. The van der Waals surface area contributed by atoms with E-state index in [1.807, 2.05) is 0 Å². The number of amides is 4. The second-order valence-electron chi connectivity index (χ2n) is 10.3. The van der Waals surface area contributed by atoms with Crippen LogP contribution in [0.4, 0.5) is 11.4 Å². The van der Waals surface area contributed by atoms with Gasteiger partial charge in [-0.2, -0.15) is 0 Å². The fourth-order valence-corrected chi connectivity index (χ4v) is 8.23. The lowest BCUT2D eigenvalue weighted by atomic mass is 9.56. The van der Waals surface area contributed by atoms with E-state index in [2.05, 4.69) is 15.9 Å². The summed E-state index contributed by atoms with van der Waals surface area (Å²) >= 11 is 17.4. The Hall–Kier alpha value is -3.28. The lowest BCUT2D eigenvalue weighted by molar-refractivity contribution is -0.384. The molecule has 0 bridgehead atoms. The highest BCUT2D eigenvalue weighted by atomic mass is 79.9. The number of likely N-dealkylation sites (tertiary alicyclic amines) is 1. The number of allylic oxidation sites excluding steroid dienone is 2. The quantitative estimate of drug-likeness (QED) is 0.131. The maximum Gasteiger partial charge on any atom is 0.269 e. The lowest BCUT2D eigenvalue weighted by Gasteiger charge is -2.50. The third kappa shape index (κ3) is 3.34. The summed E-state index contributed by atoms with van der Waals surface area (Å²) in [4.78, 5) is 63.3. The maximum atomic E-state index is 13.9. The summed E-state index contributed by atoms with van der Waals surface area (Å²) in [5, 5.41) is 21.9. The first-order chi connectivity index (χ1) is 19.0. The molecule has 6 rings (SSSR count). The molecule has 206 valence electrons. The molecule has 40 heavy (non-hydrogen) atoms. The number of hydrogen-bond acceptors (Lipinski definition) is 7. The van der Waals surface area contributed by atoms with Gasteiger partial charge < -0.3 is 5.11 Å². The number of phenols is 1. The fourth-order valence-electron chi connectivity index (χ4n) is 6.81. The van der Waals surface area contributed by atoms with Gasteiger partial charge in [0.05, 0.1) is 27.9 Å². The van der Waals surface area contributed by atoms with Crippen molar-refractivity contribution in [2.75, 3.05) is 10.4 Å². The number of nitrogens with zero attached hydrogens (tertiary/aromatic N) is 3. The SMILES string of the molecule is O=C1[C@H]2[C@H](CC=C3[C@H]2C[C@@]2(Cl)C(=O)N(CBr)C(=O)[C@@]2(Cl)[C@H]3c2ccccc2O)C(=O)N1c1ccc([N+](=O)[O-])cc1. The van der Waals surface area contributed by atoms with E-state index in [-0.39, 0.29) is 41.0 Å². The first-order valence-corrected chi connectivity index (χ1v) is 14.3. The highest BCUT2D eigenvalue weighted by molar-refractivity contribution is 9.09. The van der Waals surface area contributed by atoms with Gasteiger partial charge in [0.15, 0.2) is 9.75 Å². The van der Waals surface area contributed by atoms with Gasteiger partial charge in [-0.3, -0.25) is 39.1 Å². The number of carbonyl (C=O) groups excluding carboxylic acids is 4. The van der Waals surface area contributed by atoms with Crippen molar-refractivity contribution in [3.05, 3.63) is 75.9 Å². The van der Waals surface area contributed by atoms with E-state index in [1.54, 1.807) is 24.3 Å². The number of nitro groups is 1. The van der Waals surface area contributed by atoms with E-state index in [0.717, 1.165) is 9.80 Å². The van der Waals surface area contributed by atoms with Crippen molar-refractivity contribution < 1.29 is 29.2 Å². The molecule has 13 heteroatoms. The molecule has 2 aromatic rings. The largest absolute Gasteiger partial charge is 0.508 e. The molecule has 0 unspecified atom stereocenters. The van der Waals surface area contributed by atoms with Crippen LogP contribution in [-0.4, -0.2) is 53.8 Å². The number of rotatable bonds is 4. The van der Waals surface area contributed by atoms with Crippen LogP contribution in [0.5, 0.6) is 5.75 Å². The van der Waals surface area contributed by atoms with Crippen LogP contribution in [0.1, 0.15) is 24.3 Å². The molecule has 4 aliphatic rings. The van der Waals surface area contributed by atoms with Crippen molar-refractivity contribution in [2.45, 2.75) is 28.5 Å². The number of nitro benzene ring substituents is 1. The topological polar surface area (TPSA) is 138 Å². The standard InChI is InChI=1S/C27H20BrCl2N3O7/c28-12-31-24(37)26(29)11-18-15(21(27(26,30)25(31)38)16-3-1-2-4-19(16)34)9-10-17-20(18)23(36)32(22(17)35)13-5-7-14(8-6-13)33(39)40/h1-9,17-18,20-21,34H,10-12H2/t17-,18+,20-,21+,26+,27-/m0/s1. The third-order valence-electron chi connectivity index (χ3n) is 8.58. The summed E-state index contributed by atoms with van der Waals surface area (Å²) in [5.41, 5.74) is 0.680. The number of non-ortho nitro benzene ring substituents is 1. The van der Waals surface area contributed by atoms with Gasteiger partial charge in [-0.05, 0) is 37.0 Å². The number of para-hydroxylation sites is 1. The zero-order chi connectivity index (χ0) is 28.7. The van der Waals surface area contributed by atoms with Gasteiger partial charge in [0.2, 0.25) is 11.8 Å². The lowest BCUT2D eigenvalue weighted by Crippen LogP contribution is -2.60. The summed E-state index contributed by atoms with van der Waals surface area (Å²) in [5.74, 6) is -6.12. The number of imide groups is 2. The van der Waals surface area contributed by atoms with Gasteiger partial charge in [0.25, 0.3) is 17.5 Å². The number of alkyl halides is 3. The van der Waals surface area contributed by atoms with E-state index >= 15 is 0 Å². The van der Waals surface area contributed by atoms with Crippen molar-refractivity contribution in [3.63, 3.8) is 0 Å². The van der Waals surface area contributed by atoms with Gasteiger partial charge >= 0.3 is 0 Å². The summed E-state index contributed by atoms with van der Waals surface area (Å²) < 4.78 is 0. The Kier molecular flexibility index (Phi) is 6.14. The predicted molar refractivity (Wildman–Crippen MR) is 147 cm³/mol. The van der Waals surface area contributed by atoms with E-state index < -0.39 is 62.0 Å². The van der Waals surface area contributed by atoms with Crippen LogP contribution in [0.25, 0.3) is 0 Å². The summed E-state index contributed by atoms with van der Waals surface area (Å²) in [6.45, 7) is 0. The maximum absolute atomic E-state index is 13.9. The summed E-state index contributed by atoms with van der Waals surface area (Å²) in [7, 11) is 0. The molecule has 2 saturated heterocycles. The molecule has 2 aliphatic carbocycles. The molecule has 2 heterocycles. The molecule has 3 fully saturated rings. The molecule has 0 aromatic heterocycles. The summed E-state index contributed by atoms with van der Waals surface area (Å²) in [6.07, 6.45) is 1.74. The van der Waals surface area contributed by atoms with E-state index in [0.29, 0.717) is 5.57 Å². The minimum Gasteiger partial charge on any atom is -0.508 e. The van der Waals surface area contributed by atoms with Gasteiger partial charge in [0, 0.05) is 23.6 Å². The number of halogens is 3. The number of aromatic hydroxyl groups is 1. The Balaban J connectivity index is 1.49. The number of hydrogen-bond donors (Lipinski definition) is 1. The van der Waals surface area contributed by atoms with Crippen LogP contribution in [-0.2, 0) is 19.2 Å². The number of benzene rings is 2. The van der Waals surface area contributed by atoms with Crippen LogP contribution < -0.4 is 4.90 Å². The molecule has 10 nitrogen and oxygen atoms in total. The molecular formula is C27H20BrCl2N3O7. The normalized spacial score (nSPS) is 33.0. The van der Waals surface area contributed by atoms with Crippen LogP contribution in [0.3, 0.4) is 0 Å². The van der Waals surface area contributed by atoms with Crippen LogP contribution in [0.2, 0.25) is 0 Å². The smallest absolute Gasteiger partial charge is 0.269 e. The van der Waals surface area contributed by atoms with Gasteiger partial charge in [-0.15, -0.1) is 23.2 Å². The Labute approximate surface area is 245 Å². The monoisotopic (exact) mass is 647 g/mol. The van der Waals surface area contributed by atoms with Crippen LogP contribution >= 0.6 is 39.1 Å². The van der Waals surface area contributed by atoms with Gasteiger partial charge in [0.1, 0.15) is 5.75 Å². The Morgan fingerprint density at radius 2 is 1.68 bits per heavy atom. The average Bonchev–Trinajstić information content (AvgIpc) is 3.27. The average molecular weight is 649 g/mol. The molecule has 2 aliphatic heterocycles. The number of fused-ring (bicyclic) bond motifs is 4. The second kappa shape index (κ2) is 9.12. The number of carbonyl (C=O) groups is 4. The molecule has 2 aromatic carbocycles.